The Hall–Kier alpha value is -4.58. The molecule has 0 saturated heterocycles. The Bertz CT molecular complexity index is 1550. The number of nitro groups is 1. The second-order valence-electron chi connectivity index (χ2n) is 7.30. The van der Waals surface area contributed by atoms with Gasteiger partial charge in [0.25, 0.3) is 5.69 Å². The molecule has 0 radical (unpaired) electrons. The van der Waals surface area contributed by atoms with Crippen LogP contribution in [0.2, 0.25) is 0 Å². The Morgan fingerprint density at radius 2 is 1.89 bits per heavy atom. The normalized spacial score (nSPS) is 11.5. The lowest BCUT2D eigenvalue weighted by atomic mass is 10.2. The van der Waals surface area contributed by atoms with Crippen molar-refractivity contribution in [2.45, 2.75) is 11.8 Å². The number of anilines is 1. The largest absolute Gasteiger partial charge is 0.493 e. The van der Waals surface area contributed by atoms with Crippen LogP contribution in [-0.2, 0) is 10.1 Å². The number of fused-ring (bicyclic) bond motifs is 1. The van der Waals surface area contributed by atoms with Crippen LogP contribution in [0.25, 0.3) is 10.8 Å². The number of benzene rings is 3. The van der Waals surface area contributed by atoms with Crippen molar-refractivity contribution in [1.82, 2.24) is 10.2 Å². The summed E-state index contributed by atoms with van der Waals surface area (Å²) < 4.78 is 35.9. The smallest absolute Gasteiger partial charge is 0.339 e. The highest BCUT2D eigenvalue weighted by Crippen LogP contribution is 2.31. The van der Waals surface area contributed by atoms with Crippen LogP contribution >= 0.6 is 0 Å². The Balaban J connectivity index is 1.54. The Morgan fingerprint density at radius 3 is 2.66 bits per heavy atom. The third kappa shape index (κ3) is 5.17. The van der Waals surface area contributed by atoms with E-state index in [0.717, 1.165) is 16.8 Å². The van der Waals surface area contributed by atoms with Crippen LogP contribution in [0, 0.1) is 17.0 Å². The quantitative estimate of drug-likeness (QED) is 0.166. The zero-order valence-corrected chi connectivity index (χ0v) is 19.4. The molecule has 4 aromatic rings. The van der Waals surface area contributed by atoms with Crippen LogP contribution in [0.5, 0.6) is 11.5 Å². The number of methoxy groups -OCH3 is 1. The number of ether oxygens (including phenoxy) is 1. The van der Waals surface area contributed by atoms with Gasteiger partial charge in [-0.15, -0.1) is 5.10 Å². The molecule has 0 aliphatic heterocycles. The van der Waals surface area contributed by atoms with E-state index in [-0.39, 0.29) is 22.1 Å². The topological polar surface area (TPSA) is 146 Å². The first-order valence-corrected chi connectivity index (χ1v) is 11.6. The number of aromatic nitrogens is 2. The van der Waals surface area contributed by atoms with Crippen molar-refractivity contribution in [3.63, 3.8) is 0 Å². The van der Waals surface area contributed by atoms with E-state index < -0.39 is 15.0 Å². The summed E-state index contributed by atoms with van der Waals surface area (Å²) in [6.45, 7) is 1.51. The van der Waals surface area contributed by atoms with Crippen LogP contribution in [0.15, 0.2) is 76.9 Å². The molecule has 0 atom stereocenters. The predicted molar refractivity (Wildman–Crippen MR) is 129 cm³/mol. The number of nitrogens with zero attached hydrogens (tertiary/aromatic N) is 4. The lowest BCUT2D eigenvalue weighted by Crippen LogP contribution is -2.11. The van der Waals surface area contributed by atoms with Crippen molar-refractivity contribution in [2.24, 2.45) is 5.10 Å². The van der Waals surface area contributed by atoms with Gasteiger partial charge in [0.2, 0.25) is 0 Å². The Kier molecular flexibility index (Phi) is 6.55. The molecule has 11 nitrogen and oxygen atoms in total. The van der Waals surface area contributed by atoms with E-state index in [0.29, 0.717) is 16.9 Å². The van der Waals surface area contributed by atoms with Crippen molar-refractivity contribution in [1.29, 1.82) is 0 Å². The van der Waals surface area contributed by atoms with E-state index in [1.807, 2.05) is 24.3 Å². The highest BCUT2D eigenvalue weighted by Gasteiger charge is 2.23. The van der Waals surface area contributed by atoms with Gasteiger partial charge in [-0.1, -0.05) is 30.3 Å². The summed E-state index contributed by atoms with van der Waals surface area (Å²) in [5.74, 6) is 0.523. The molecule has 1 aromatic heterocycles. The van der Waals surface area contributed by atoms with E-state index in [1.54, 1.807) is 12.3 Å². The summed E-state index contributed by atoms with van der Waals surface area (Å²) in [7, 11) is -2.99. The molecule has 178 valence electrons. The molecule has 0 unspecified atom stereocenters. The van der Waals surface area contributed by atoms with Gasteiger partial charge >= 0.3 is 10.1 Å². The molecule has 0 spiro atoms. The molecular formula is C23H19N5O6S. The molecule has 3 aromatic carbocycles. The van der Waals surface area contributed by atoms with Gasteiger partial charge in [-0.2, -0.15) is 18.6 Å². The summed E-state index contributed by atoms with van der Waals surface area (Å²) >= 11 is 0. The van der Waals surface area contributed by atoms with E-state index in [1.165, 1.54) is 44.5 Å². The molecule has 0 amide bonds. The van der Waals surface area contributed by atoms with Crippen molar-refractivity contribution in [3.05, 3.63) is 88.1 Å². The van der Waals surface area contributed by atoms with Crippen molar-refractivity contribution in [2.75, 3.05) is 12.5 Å². The zero-order chi connectivity index (χ0) is 25.0. The minimum atomic E-state index is -4.35. The van der Waals surface area contributed by atoms with Crippen molar-refractivity contribution < 1.29 is 22.3 Å². The maximum absolute atomic E-state index is 12.7. The Morgan fingerprint density at radius 1 is 1.09 bits per heavy atom. The monoisotopic (exact) mass is 493 g/mol. The number of rotatable bonds is 8. The minimum absolute atomic E-state index is 0.0826. The number of hydrogen-bond acceptors (Lipinski definition) is 10. The molecule has 12 heteroatoms. The lowest BCUT2D eigenvalue weighted by molar-refractivity contribution is -0.385. The van der Waals surface area contributed by atoms with Gasteiger partial charge in [-0.25, -0.2) is 0 Å². The molecule has 4 rings (SSSR count). The maximum atomic E-state index is 12.7. The SMILES string of the molecule is COc1cc(/C=N/Nc2nncc3ccccc23)ccc1OS(=O)(=O)c1ccc(C)c([N+](=O)[O-])c1. The van der Waals surface area contributed by atoms with Crippen molar-refractivity contribution >= 4 is 38.6 Å². The third-order valence-electron chi connectivity index (χ3n) is 5.01. The van der Waals surface area contributed by atoms with E-state index in [9.17, 15) is 18.5 Å². The average Bonchev–Trinajstić information content (AvgIpc) is 2.84. The molecular weight excluding hydrogens is 474 g/mol. The summed E-state index contributed by atoms with van der Waals surface area (Å²) in [5, 5.41) is 25.1. The van der Waals surface area contributed by atoms with Gasteiger partial charge in [-0.05, 0) is 36.8 Å². The number of nitrogens with one attached hydrogen (secondary N) is 1. The van der Waals surface area contributed by atoms with Gasteiger partial charge in [0, 0.05) is 22.4 Å². The van der Waals surface area contributed by atoms with Gasteiger partial charge in [0.15, 0.2) is 17.3 Å². The fraction of sp³-hybridized carbons (Fsp3) is 0.0870. The van der Waals surface area contributed by atoms with Crippen LogP contribution in [0.1, 0.15) is 11.1 Å². The summed E-state index contributed by atoms with van der Waals surface area (Å²) in [4.78, 5) is 10.2. The Labute approximate surface area is 200 Å². The molecule has 0 aliphatic rings. The number of aryl methyl sites for hydroxylation is 1. The molecule has 1 heterocycles. The third-order valence-corrected chi connectivity index (χ3v) is 6.24. The van der Waals surface area contributed by atoms with Crippen LogP contribution in [-0.4, -0.2) is 36.9 Å². The highest BCUT2D eigenvalue weighted by molar-refractivity contribution is 7.87. The van der Waals surface area contributed by atoms with E-state index in [4.69, 9.17) is 8.92 Å². The van der Waals surface area contributed by atoms with Crippen LogP contribution in [0.4, 0.5) is 11.5 Å². The van der Waals surface area contributed by atoms with Crippen LogP contribution in [0.3, 0.4) is 0 Å². The fourth-order valence-corrected chi connectivity index (χ4v) is 4.18. The number of hydrogen-bond donors (Lipinski definition) is 1. The predicted octanol–water partition coefficient (Wildman–Crippen LogP) is 4.07. The summed E-state index contributed by atoms with van der Waals surface area (Å²) in [5.41, 5.74) is 3.43. The van der Waals surface area contributed by atoms with E-state index in [2.05, 4.69) is 20.7 Å². The average molecular weight is 494 g/mol. The van der Waals surface area contributed by atoms with Crippen molar-refractivity contribution in [3.8, 4) is 11.5 Å². The molecule has 0 saturated carbocycles. The highest BCUT2D eigenvalue weighted by atomic mass is 32.2. The summed E-state index contributed by atoms with van der Waals surface area (Å²) in [6.07, 6.45) is 3.14. The standard InChI is InChI=1S/C23H19N5O6S/c1-15-7-9-18(12-20(15)28(29)30)35(31,32)34-21-10-8-16(11-22(21)33-2)13-24-26-23-19-6-4-3-5-17(19)14-25-27-23/h3-14H,1-2H3,(H,26,27)/b24-13+. The second kappa shape index (κ2) is 9.73. The minimum Gasteiger partial charge on any atom is -0.493 e. The van der Waals surface area contributed by atoms with Gasteiger partial charge < -0.3 is 8.92 Å². The first kappa shape index (κ1) is 23.6. The molecule has 35 heavy (non-hydrogen) atoms. The zero-order valence-electron chi connectivity index (χ0n) is 18.6. The van der Waals surface area contributed by atoms with Crippen LogP contribution < -0.4 is 14.3 Å². The van der Waals surface area contributed by atoms with Gasteiger partial charge in [-0.3, -0.25) is 15.5 Å². The number of nitro benzene ring substituents is 1. The number of hydrazone groups is 1. The van der Waals surface area contributed by atoms with E-state index >= 15 is 0 Å². The van der Waals surface area contributed by atoms with Gasteiger partial charge in [0.05, 0.1) is 24.4 Å². The first-order valence-electron chi connectivity index (χ1n) is 10.2. The molecule has 1 N–H and O–H groups in total. The van der Waals surface area contributed by atoms with Gasteiger partial charge in [0.1, 0.15) is 4.90 Å². The fourth-order valence-electron chi connectivity index (χ4n) is 3.22. The molecule has 0 bridgehead atoms. The first-order chi connectivity index (χ1) is 16.8. The maximum Gasteiger partial charge on any atom is 0.339 e. The molecule has 0 fully saturated rings. The molecule has 0 aliphatic carbocycles. The summed E-state index contributed by atoms with van der Waals surface area (Å²) in [6, 6.07) is 15.6. The second-order valence-corrected chi connectivity index (χ2v) is 8.85. The lowest BCUT2D eigenvalue weighted by Gasteiger charge is -2.11.